The summed E-state index contributed by atoms with van der Waals surface area (Å²) in [5, 5.41) is 3.42. The molecule has 0 aliphatic rings. The topological polar surface area (TPSA) is 51.2 Å². The van der Waals surface area contributed by atoms with Gasteiger partial charge in [0.15, 0.2) is 11.7 Å². The fourth-order valence-corrected chi connectivity index (χ4v) is 3.97. The van der Waals surface area contributed by atoms with Crippen LogP contribution in [-0.4, -0.2) is 17.5 Å². The summed E-state index contributed by atoms with van der Waals surface area (Å²) < 4.78 is 7.91. The maximum absolute atomic E-state index is 12.3. The third-order valence-corrected chi connectivity index (χ3v) is 5.85. The molecule has 0 atom stereocenters. The first-order chi connectivity index (χ1) is 12.3. The molecule has 4 nitrogen and oxygen atoms in total. The first kappa shape index (κ1) is 18.9. The molecular weight excluding hydrogens is 412 g/mol. The molecule has 1 aromatic heterocycles. The van der Waals surface area contributed by atoms with Gasteiger partial charge < -0.3 is 4.74 Å². The van der Waals surface area contributed by atoms with E-state index >= 15 is 0 Å². The van der Waals surface area contributed by atoms with Crippen LogP contribution in [0.3, 0.4) is 0 Å². The number of rotatable bonds is 5. The van der Waals surface area contributed by atoms with E-state index in [2.05, 4.69) is 52.2 Å². The lowest BCUT2D eigenvalue weighted by Crippen LogP contribution is -2.20. The number of amides is 1. The molecular formula is C20H21BrN2O2S. The second-order valence-electron chi connectivity index (χ2n) is 6.62. The summed E-state index contributed by atoms with van der Waals surface area (Å²) in [5.74, 6) is 0.837. The van der Waals surface area contributed by atoms with Crippen LogP contribution in [0.5, 0.6) is 5.75 Å². The van der Waals surface area contributed by atoms with Crippen LogP contribution in [0.2, 0.25) is 0 Å². The van der Waals surface area contributed by atoms with E-state index in [4.69, 9.17) is 4.74 Å². The molecule has 0 aliphatic heterocycles. The number of carbonyl (C=O) groups excluding carboxylic acids is 1. The van der Waals surface area contributed by atoms with Crippen LogP contribution in [0.15, 0.2) is 34.8 Å². The lowest BCUT2D eigenvalue weighted by molar-refractivity contribution is -0.118. The highest BCUT2D eigenvalue weighted by atomic mass is 79.9. The van der Waals surface area contributed by atoms with Crippen LogP contribution in [0.4, 0.5) is 5.13 Å². The van der Waals surface area contributed by atoms with E-state index in [1.165, 1.54) is 16.9 Å². The fourth-order valence-electron chi connectivity index (χ4n) is 2.63. The second-order valence-corrected chi connectivity index (χ2v) is 8.51. The van der Waals surface area contributed by atoms with Crippen LogP contribution in [0.1, 0.15) is 36.5 Å². The summed E-state index contributed by atoms with van der Waals surface area (Å²) in [6.45, 7) is 8.21. The van der Waals surface area contributed by atoms with Crippen LogP contribution < -0.4 is 10.1 Å². The lowest BCUT2D eigenvalue weighted by Gasteiger charge is -2.15. The van der Waals surface area contributed by atoms with Gasteiger partial charge in [-0.1, -0.05) is 47.2 Å². The molecule has 3 aromatic rings. The van der Waals surface area contributed by atoms with Crippen molar-refractivity contribution in [1.82, 2.24) is 4.98 Å². The summed E-state index contributed by atoms with van der Waals surface area (Å²) in [7, 11) is 0. The molecule has 3 rings (SSSR count). The summed E-state index contributed by atoms with van der Waals surface area (Å²) in [5.41, 5.74) is 4.22. The Bertz CT molecular complexity index is 966. The highest BCUT2D eigenvalue weighted by Gasteiger charge is 2.13. The van der Waals surface area contributed by atoms with Crippen LogP contribution in [-0.2, 0) is 4.79 Å². The van der Waals surface area contributed by atoms with Gasteiger partial charge in [0.05, 0.1) is 10.2 Å². The van der Waals surface area contributed by atoms with E-state index in [-0.39, 0.29) is 12.5 Å². The number of anilines is 1. The van der Waals surface area contributed by atoms with Gasteiger partial charge in [-0.2, -0.15) is 0 Å². The Morgan fingerprint density at radius 3 is 2.77 bits per heavy atom. The van der Waals surface area contributed by atoms with Gasteiger partial charge in [0, 0.05) is 4.47 Å². The Morgan fingerprint density at radius 1 is 1.27 bits per heavy atom. The van der Waals surface area contributed by atoms with Gasteiger partial charge >= 0.3 is 0 Å². The number of carbonyl (C=O) groups is 1. The normalized spacial score (nSPS) is 11.2. The highest BCUT2D eigenvalue weighted by molar-refractivity contribution is 9.10. The average Bonchev–Trinajstić information content (AvgIpc) is 2.96. The molecule has 1 amide bonds. The van der Waals surface area contributed by atoms with Crippen molar-refractivity contribution in [2.45, 2.75) is 33.6 Å². The summed E-state index contributed by atoms with van der Waals surface area (Å²) in [4.78, 5) is 16.7. The van der Waals surface area contributed by atoms with Crippen molar-refractivity contribution >= 4 is 48.5 Å². The molecule has 0 aliphatic carbocycles. The standard InChI is InChI=1S/C20H21BrN2O2S/c1-11(2)14-9-15(21)13(4)8-17(14)25-10-19(24)23-20-22-16-6-5-12(3)7-18(16)26-20/h5-9,11H,10H2,1-4H3,(H,22,23,24). The molecule has 2 aromatic carbocycles. The van der Waals surface area contributed by atoms with Crippen LogP contribution in [0, 0.1) is 13.8 Å². The van der Waals surface area contributed by atoms with E-state index in [0.717, 1.165) is 31.6 Å². The zero-order valence-electron chi connectivity index (χ0n) is 15.2. The zero-order chi connectivity index (χ0) is 18.8. The van der Waals surface area contributed by atoms with Gasteiger partial charge in [-0.15, -0.1) is 0 Å². The highest BCUT2D eigenvalue weighted by Crippen LogP contribution is 2.32. The summed E-state index contributed by atoms with van der Waals surface area (Å²) in [6.07, 6.45) is 0. The molecule has 0 saturated carbocycles. The molecule has 136 valence electrons. The van der Waals surface area contributed by atoms with Crippen molar-refractivity contribution in [3.63, 3.8) is 0 Å². The SMILES string of the molecule is Cc1ccc2nc(NC(=O)COc3cc(C)c(Br)cc3C(C)C)sc2c1. The first-order valence-corrected chi connectivity index (χ1v) is 10.0. The van der Waals surface area contributed by atoms with Crippen molar-refractivity contribution < 1.29 is 9.53 Å². The third-order valence-electron chi connectivity index (χ3n) is 4.06. The molecule has 1 N–H and O–H groups in total. The Balaban J connectivity index is 1.69. The Morgan fingerprint density at radius 2 is 2.04 bits per heavy atom. The fraction of sp³-hybridized carbons (Fsp3) is 0.300. The molecule has 0 unspecified atom stereocenters. The molecule has 0 bridgehead atoms. The number of benzene rings is 2. The molecule has 0 fully saturated rings. The number of ether oxygens (including phenoxy) is 1. The van der Waals surface area contributed by atoms with Gasteiger partial charge in [0.2, 0.25) is 0 Å². The monoisotopic (exact) mass is 432 g/mol. The maximum Gasteiger partial charge on any atom is 0.264 e. The minimum atomic E-state index is -0.212. The van der Waals surface area contributed by atoms with Crippen molar-refractivity contribution in [3.8, 4) is 5.75 Å². The van der Waals surface area contributed by atoms with Crippen LogP contribution >= 0.6 is 27.3 Å². The number of hydrogen-bond acceptors (Lipinski definition) is 4. The van der Waals surface area contributed by atoms with E-state index in [9.17, 15) is 4.79 Å². The minimum Gasteiger partial charge on any atom is -0.483 e. The van der Waals surface area contributed by atoms with Crippen molar-refractivity contribution in [1.29, 1.82) is 0 Å². The molecule has 6 heteroatoms. The van der Waals surface area contributed by atoms with Gasteiger partial charge in [-0.05, 0) is 60.7 Å². The molecule has 1 heterocycles. The quantitative estimate of drug-likeness (QED) is 0.552. The number of nitrogens with zero attached hydrogens (tertiary/aromatic N) is 1. The van der Waals surface area contributed by atoms with E-state index < -0.39 is 0 Å². The molecule has 26 heavy (non-hydrogen) atoms. The lowest BCUT2D eigenvalue weighted by atomic mass is 10.0. The van der Waals surface area contributed by atoms with E-state index in [1.54, 1.807) is 0 Å². The van der Waals surface area contributed by atoms with E-state index in [1.807, 2.05) is 32.0 Å². The van der Waals surface area contributed by atoms with Crippen molar-refractivity contribution in [3.05, 3.63) is 51.5 Å². The number of nitrogens with one attached hydrogen (secondary N) is 1. The number of fused-ring (bicyclic) bond motifs is 1. The predicted octanol–water partition coefficient (Wildman–Crippen LogP) is 5.82. The number of halogens is 1. The Kier molecular flexibility index (Phi) is 5.63. The number of thiazole rings is 1. The van der Waals surface area contributed by atoms with Gasteiger partial charge in [-0.25, -0.2) is 4.98 Å². The Labute approximate surface area is 165 Å². The molecule has 0 saturated heterocycles. The largest absolute Gasteiger partial charge is 0.483 e. The smallest absolute Gasteiger partial charge is 0.264 e. The second kappa shape index (κ2) is 7.76. The predicted molar refractivity (Wildman–Crippen MR) is 111 cm³/mol. The van der Waals surface area contributed by atoms with Crippen molar-refractivity contribution in [2.24, 2.45) is 0 Å². The average molecular weight is 433 g/mol. The number of aryl methyl sites for hydroxylation is 2. The number of aromatic nitrogens is 1. The van der Waals surface area contributed by atoms with Gasteiger partial charge in [-0.3, -0.25) is 10.1 Å². The molecule has 0 radical (unpaired) electrons. The first-order valence-electron chi connectivity index (χ1n) is 8.43. The van der Waals surface area contributed by atoms with Crippen molar-refractivity contribution in [2.75, 3.05) is 11.9 Å². The third kappa shape index (κ3) is 4.24. The van der Waals surface area contributed by atoms with Gasteiger partial charge in [0.25, 0.3) is 5.91 Å². The summed E-state index contributed by atoms with van der Waals surface area (Å²) >= 11 is 5.02. The molecule has 0 spiro atoms. The summed E-state index contributed by atoms with van der Waals surface area (Å²) in [6, 6.07) is 10.1. The zero-order valence-corrected chi connectivity index (χ0v) is 17.6. The maximum atomic E-state index is 12.3. The number of hydrogen-bond donors (Lipinski definition) is 1. The van der Waals surface area contributed by atoms with Crippen LogP contribution in [0.25, 0.3) is 10.2 Å². The minimum absolute atomic E-state index is 0.0459. The Hall–Kier alpha value is -1.92. The van der Waals surface area contributed by atoms with Gasteiger partial charge in [0.1, 0.15) is 5.75 Å². The van der Waals surface area contributed by atoms with E-state index in [0.29, 0.717) is 11.0 Å².